The lowest BCUT2D eigenvalue weighted by atomic mass is 10.1. The van der Waals surface area contributed by atoms with Crippen LogP contribution in [-0.4, -0.2) is 11.0 Å². The van der Waals surface area contributed by atoms with Crippen LogP contribution < -0.4 is 11.1 Å². The third kappa shape index (κ3) is 3.15. The van der Waals surface area contributed by atoms with Gasteiger partial charge in [-0.2, -0.15) is 8.78 Å². The van der Waals surface area contributed by atoms with E-state index in [0.29, 0.717) is 12.2 Å². The number of hydrogen-bond acceptors (Lipinski definition) is 5. The Labute approximate surface area is 154 Å². The number of fused-ring (bicyclic) bond motifs is 1. The van der Waals surface area contributed by atoms with E-state index in [1.54, 1.807) is 17.4 Å². The number of pyridine rings is 1. The molecule has 0 aliphatic carbocycles. The molecule has 3 rings (SSSR count). The fourth-order valence-electron chi connectivity index (χ4n) is 2.16. The zero-order valence-corrected chi connectivity index (χ0v) is 15.6. The summed E-state index contributed by atoms with van der Waals surface area (Å²) in [6, 6.07) is 4.03. The predicted molar refractivity (Wildman–Crippen MR) is 95.9 cm³/mol. The average molecular weight is 437 g/mol. The van der Waals surface area contributed by atoms with Crippen LogP contribution in [0.15, 0.2) is 32.5 Å². The largest absolute Gasteiger partial charge is 0.449 e. The second-order valence-electron chi connectivity index (χ2n) is 5.26. The highest BCUT2D eigenvalue weighted by atomic mass is 79.9. The summed E-state index contributed by atoms with van der Waals surface area (Å²) < 4.78 is 34.1. The maximum absolute atomic E-state index is 14.3. The molecule has 0 spiro atoms. The number of rotatable bonds is 5. The van der Waals surface area contributed by atoms with Crippen LogP contribution >= 0.6 is 38.9 Å². The lowest BCUT2D eigenvalue weighted by Crippen LogP contribution is -2.35. The summed E-state index contributed by atoms with van der Waals surface area (Å²) in [5.41, 5.74) is 6.32. The number of nitrogens with two attached hydrogens (primary N) is 1. The zero-order valence-electron chi connectivity index (χ0n) is 12.4. The average Bonchev–Trinajstić information content (AvgIpc) is 3.14. The Morgan fingerprint density at radius 3 is 2.92 bits per heavy atom. The fourth-order valence-corrected chi connectivity index (χ4v) is 3.61. The minimum Gasteiger partial charge on any atom is -0.449 e. The van der Waals surface area contributed by atoms with Gasteiger partial charge in [-0.1, -0.05) is 17.7 Å². The summed E-state index contributed by atoms with van der Waals surface area (Å²) in [6.07, 6.45) is 0. The first kappa shape index (κ1) is 17.6. The Bertz CT molecular complexity index is 867. The second kappa shape index (κ2) is 6.59. The van der Waals surface area contributed by atoms with Crippen molar-refractivity contribution in [3.63, 3.8) is 0 Å². The lowest BCUT2D eigenvalue weighted by molar-refractivity contribution is -0.0451. The van der Waals surface area contributed by atoms with Crippen molar-refractivity contribution >= 4 is 55.7 Å². The topological polar surface area (TPSA) is 64.1 Å². The van der Waals surface area contributed by atoms with Crippen molar-refractivity contribution in [2.45, 2.75) is 25.4 Å². The quantitative estimate of drug-likeness (QED) is 0.529. The molecule has 0 aliphatic rings. The van der Waals surface area contributed by atoms with E-state index in [2.05, 4.69) is 26.2 Å². The monoisotopic (exact) mass is 435 g/mol. The van der Waals surface area contributed by atoms with Crippen LogP contribution in [0.3, 0.4) is 0 Å². The molecule has 0 aliphatic heterocycles. The van der Waals surface area contributed by atoms with Gasteiger partial charge in [0.05, 0.1) is 16.2 Å². The molecule has 0 amide bonds. The Kier molecular flexibility index (Phi) is 4.83. The SMILES string of the molecule is CC(N)C(F)(F)c1oc2c(NCc3cccs3)cc(Cl)nc2c1Br. The molecule has 0 saturated carbocycles. The van der Waals surface area contributed by atoms with Crippen molar-refractivity contribution in [1.29, 1.82) is 0 Å². The van der Waals surface area contributed by atoms with Crippen molar-refractivity contribution in [3.05, 3.63) is 43.8 Å². The highest BCUT2D eigenvalue weighted by molar-refractivity contribution is 9.10. The molecule has 1 unspecified atom stereocenters. The maximum atomic E-state index is 14.3. The standard InChI is InChI=1S/C15H13BrClF2N3OS/c1-7(20)15(18,19)14-11(16)12-13(23-14)9(5-10(17)22-12)21-6-8-3-2-4-24-8/h2-5,7H,6,20H2,1H3,(H,21,22). The van der Waals surface area contributed by atoms with Gasteiger partial charge in [0.15, 0.2) is 11.3 Å². The molecule has 128 valence electrons. The van der Waals surface area contributed by atoms with Crippen LogP contribution in [-0.2, 0) is 12.5 Å². The first-order valence-electron chi connectivity index (χ1n) is 6.99. The van der Waals surface area contributed by atoms with E-state index < -0.39 is 17.7 Å². The highest BCUT2D eigenvalue weighted by Crippen LogP contribution is 2.43. The lowest BCUT2D eigenvalue weighted by Gasteiger charge is -2.17. The summed E-state index contributed by atoms with van der Waals surface area (Å²) >= 11 is 10.7. The van der Waals surface area contributed by atoms with Gasteiger partial charge in [0.25, 0.3) is 0 Å². The number of thiophene rings is 1. The second-order valence-corrected chi connectivity index (χ2v) is 7.47. The summed E-state index contributed by atoms with van der Waals surface area (Å²) in [5, 5.41) is 5.28. The highest BCUT2D eigenvalue weighted by Gasteiger charge is 2.43. The van der Waals surface area contributed by atoms with Crippen molar-refractivity contribution in [2.24, 2.45) is 5.73 Å². The normalized spacial score (nSPS) is 13.4. The van der Waals surface area contributed by atoms with Gasteiger partial charge in [-0.15, -0.1) is 11.3 Å². The predicted octanol–water partition coefficient (Wildman–Crippen LogP) is 5.36. The molecule has 3 aromatic heterocycles. The smallest absolute Gasteiger partial charge is 0.320 e. The van der Waals surface area contributed by atoms with Crippen molar-refractivity contribution in [1.82, 2.24) is 4.98 Å². The van der Waals surface area contributed by atoms with Crippen LogP contribution in [0.2, 0.25) is 5.15 Å². The van der Waals surface area contributed by atoms with E-state index in [1.807, 2.05) is 17.5 Å². The van der Waals surface area contributed by atoms with Gasteiger partial charge in [-0.3, -0.25) is 0 Å². The number of nitrogens with zero attached hydrogens (tertiary/aromatic N) is 1. The van der Waals surface area contributed by atoms with E-state index >= 15 is 0 Å². The number of aromatic nitrogens is 1. The third-order valence-corrected chi connectivity index (χ3v) is 5.27. The van der Waals surface area contributed by atoms with Crippen LogP contribution in [0.5, 0.6) is 0 Å². The molecule has 4 nitrogen and oxygen atoms in total. The number of hydrogen-bond donors (Lipinski definition) is 2. The molecule has 3 aromatic rings. The molecular formula is C15H13BrClF2N3OS. The molecule has 0 saturated heterocycles. The van der Waals surface area contributed by atoms with Gasteiger partial charge in [0, 0.05) is 17.5 Å². The maximum Gasteiger partial charge on any atom is 0.320 e. The van der Waals surface area contributed by atoms with E-state index in [1.165, 1.54) is 6.92 Å². The van der Waals surface area contributed by atoms with Gasteiger partial charge in [0.2, 0.25) is 0 Å². The summed E-state index contributed by atoms with van der Waals surface area (Å²) in [7, 11) is 0. The van der Waals surface area contributed by atoms with E-state index in [-0.39, 0.29) is 20.7 Å². The summed E-state index contributed by atoms with van der Waals surface area (Å²) in [5.74, 6) is -3.89. The number of nitrogens with one attached hydrogen (secondary N) is 1. The zero-order chi connectivity index (χ0) is 17.5. The Balaban J connectivity index is 2.07. The molecule has 0 fully saturated rings. The molecular weight excluding hydrogens is 424 g/mol. The van der Waals surface area contributed by atoms with Crippen LogP contribution in [0.4, 0.5) is 14.5 Å². The summed E-state index contributed by atoms with van der Waals surface area (Å²) in [4.78, 5) is 5.17. The number of alkyl halides is 2. The van der Waals surface area contributed by atoms with Crippen LogP contribution in [0, 0.1) is 0 Å². The molecule has 0 bridgehead atoms. The number of furan rings is 1. The van der Waals surface area contributed by atoms with Crippen molar-refractivity contribution < 1.29 is 13.2 Å². The van der Waals surface area contributed by atoms with Gasteiger partial charge < -0.3 is 15.5 Å². The minimum absolute atomic E-state index is 0.0569. The van der Waals surface area contributed by atoms with Crippen LogP contribution in [0.25, 0.3) is 11.1 Å². The van der Waals surface area contributed by atoms with Gasteiger partial charge in [-0.25, -0.2) is 4.98 Å². The molecule has 1 atom stereocenters. The fraction of sp³-hybridized carbons (Fsp3) is 0.267. The van der Waals surface area contributed by atoms with Crippen molar-refractivity contribution in [3.8, 4) is 0 Å². The minimum atomic E-state index is -3.34. The van der Waals surface area contributed by atoms with E-state index in [0.717, 1.165) is 4.88 Å². The van der Waals surface area contributed by atoms with Crippen molar-refractivity contribution in [2.75, 3.05) is 5.32 Å². The van der Waals surface area contributed by atoms with Gasteiger partial charge in [-0.05, 0) is 34.3 Å². The van der Waals surface area contributed by atoms with Gasteiger partial charge in [0.1, 0.15) is 10.7 Å². The Hall–Kier alpha value is -1.22. The first-order valence-corrected chi connectivity index (χ1v) is 9.04. The van der Waals surface area contributed by atoms with Gasteiger partial charge >= 0.3 is 5.92 Å². The van der Waals surface area contributed by atoms with Crippen LogP contribution in [0.1, 0.15) is 17.6 Å². The molecule has 3 N–H and O–H groups in total. The molecule has 3 heterocycles. The Morgan fingerprint density at radius 1 is 1.54 bits per heavy atom. The molecule has 24 heavy (non-hydrogen) atoms. The number of halogens is 4. The third-order valence-electron chi connectivity index (χ3n) is 3.46. The Morgan fingerprint density at radius 2 is 2.29 bits per heavy atom. The summed E-state index contributed by atoms with van der Waals surface area (Å²) in [6.45, 7) is 1.74. The first-order chi connectivity index (χ1) is 11.3. The van der Waals surface area contributed by atoms with E-state index in [9.17, 15) is 8.78 Å². The molecule has 0 radical (unpaired) electrons. The molecule has 0 aromatic carbocycles. The van der Waals surface area contributed by atoms with E-state index in [4.69, 9.17) is 21.8 Å². The molecule has 9 heteroatoms. The number of anilines is 1.